The molecule has 0 spiro atoms. The molecule has 0 aromatic carbocycles. The zero-order valence-electron chi connectivity index (χ0n) is 17.8. The Morgan fingerprint density at radius 1 is 1.13 bits per heavy atom. The Labute approximate surface area is 178 Å². The maximum absolute atomic E-state index is 6.74. The van der Waals surface area contributed by atoms with Crippen LogP contribution in [-0.2, 0) is 11.3 Å². The molecular weight excluding hydrogens is 382 g/mol. The van der Waals surface area contributed by atoms with Gasteiger partial charge in [0.25, 0.3) is 0 Å². The van der Waals surface area contributed by atoms with Gasteiger partial charge in [0, 0.05) is 71.2 Å². The molecule has 30 heavy (non-hydrogen) atoms. The molecule has 2 fully saturated rings. The molecule has 1 unspecified atom stereocenters. The molecule has 0 amide bonds. The van der Waals surface area contributed by atoms with E-state index in [1.807, 2.05) is 12.1 Å². The third-order valence-electron chi connectivity index (χ3n) is 5.76. The van der Waals surface area contributed by atoms with Gasteiger partial charge in [-0.1, -0.05) is 0 Å². The van der Waals surface area contributed by atoms with E-state index in [1.165, 1.54) is 0 Å². The quantitative estimate of drug-likeness (QED) is 0.566. The average molecular weight is 416 g/mol. The number of ether oxygens (including phenoxy) is 1. The van der Waals surface area contributed by atoms with E-state index in [2.05, 4.69) is 37.4 Å². The smallest absolute Gasteiger partial charge is 0.225 e. The molecule has 4 rings (SSSR count). The van der Waals surface area contributed by atoms with E-state index in [0.717, 1.165) is 57.3 Å². The van der Waals surface area contributed by atoms with E-state index in [-0.39, 0.29) is 0 Å². The Balaban J connectivity index is 1.44. The number of rotatable bonds is 5. The molecule has 1 aromatic rings. The lowest BCUT2D eigenvalue weighted by molar-refractivity contribution is 0.0649. The highest BCUT2D eigenvalue weighted by Crippen LogP contribution is 2.14. The highest BCUT2D eigenvalue weighted by molar-refractivity contribution is 5.97. The second-order valence-corrected chi connectivity index (χ2v) is 8.12. The standard InChI is InChI=1S/C20H33N9O/c1-27-8-10-28(11-9-27)7-4-20(21)25-18(23-16-17-2-5-22-6-3-17)24-19(26-20)29-12-14-30-15-13-29/h2-3,5-6H,4,7-16,21H2,1H3,(H2,23,24,25,26). The molecule has 4 heterocycles. The minimum absolute atomic E-state index is 0.563. The summed E-state index contributed by atoms with van der Waals surface area (Å²) in [5.74, 6) is 0.443. The van der Waals surface area contributed by atoms with Gasteiger partial charge < -0.3 is 30.1 Å². The molecule has 0 saturated carbocycles. The summed E-state index contributed by atoms with van der Waals surface area (Å²) >= 11 is 0. The number of hydrogen-bond acceptors (Lipinski definition) is 10. The van der Waals surface area contributed by atoms with E-state index >= 15 is 0 Å². The molecule has 4 N–H and O–H groups in total. The molecule has 3 aliphatic rings. The highest BCUT2D eigenvalue weighted by Gasteiger charge is 2.33. The largest absolute Gasteiger partial charge is 0.378 e. The van der Waals surface area contributed by atoms with E-state index in [1.54, 1.807) is 12.4 Å². The van der Waals surface area contributed by atoms with Crippen LogP contribution in [0.5, 0.6) is 0 Å². The summed E-state index contributed by atoms with van der Waals surface area (Å²) in [5, 5.41) is 6.74. The SMILES string of the molecule is CN1CCN(CCC2(N)N=C(NCc3ccncc3)N=C(N3CCOCC3)N2)CC1. The lowest BCUT2D eigenvalue weighted by Gasteiger charge is -2.39. The van der Waals surface area contributed by atoms with Crippen LogP contribution in [0.25, 0.3) is 0 Å². The van der Waals surface area contributed by atoms with Gasteiger partial charge in [-0.15, -0.1) is 0 Å². The second-order valence-electron chi connectivity index (χ2n) is 8.12. The van der Waals surface area contributed by atoms with E-state index in [9.17, 15) is 0 Å². The lowest BCUT2D eigenvalue weighted by Crippen LogP contribution is -2.63. The fourth-order valence-electron chi connectivity index (χ4n) is 3.77. The summed E-state index contributed by atoms with van der Waals surface area (Å²) in [6.07, 6.45) is 4.28. The monoisotopic (exact) mass is 415 g/mol. The molecule has 2 saturated heterocycles. The van der Waals surface area contributed by atoms with Crippen LogP contribution in [0, 0.1) is 0 Å². The number of nitrogens with one attached hydrogen (secondary N) is 2. The Kier molecular flexibility index (Phi) is 6.78. The van der Waals surface area contributed by atoms with Crippen LogP contribution in [0.1, 0.15) is 12.0 Å². The van der Waals surface area contributed by atoms with Crippen LogP contribution in [0.15, 0.2) is 34.5 Å². The summed E-state index contributed by atoms with van der Waals surface area (Å²) in [4.78, 5) is 20.5. The van der Waals surface area contributed by atoms with Crippen molar-refractivity contribution >= 4 is 11.9 Å². The van der Waals surface area contributed by atoms with Crippen LogP contribution < -0.4 is 16.4 Å². The molecule has 10 heteroatoms. The first kappa shape index (κ1) is 21.0. The average Bonchev–Trinajstić information content (AvgIpc) is 2.78. The summed E-state index contributed by atoms with van der Waals surface area (Å²) < 4.78 is 5.49. The Morgan fingerprint density at radius 2 is 1.87 bits per heavy atom. The van der Waals surface area contributed by atoms with Gasteiger partial charge >= 0.3 is 0 Å². The van der Waals surface area contributed by atoms with Crippen LogP contribution in [0.3, 0.4) is 0 Å². The number of likely N-dealkylation sites (N-methyl/N-ethyl adjacent to an activating group) is 1. The first-order valence-electron chi connectivity index (χ1n) is 10.7. The third-order valence-corrected chi connectivity index (χ3v) is 5.76. The summed E-state index contributed by atoms with van der Waals surface area (Å²) in [5.41, 5.74) is 7.86. The number of morpholine rings is 1. The van der Waals surface area contributed by atoms with Gasteiger partial charge in [-0.05, 0) is 24.7 Å². The lowest BCUT2D eigenvalue weighted by atomic mass is 10.2. The Hall–Kier alpha value is -2.27. The van der Waals surface area contributed by atoms with Crippen molar-refractivity contribution in [1.29, 1.82) is 0 Å². The number of pyridine rings is 1. The van der Waals surface area contributed by atoms with Crippen molar-refractivity contribution in [3.05, 3.63) is 30.1 Å². The van der Waals surface area contributed by atoms with Crippen molar-refractivity contribution in [2.24, 2.45) is 15.7 Å². The minimum Gasteiger partial charge on any atom is -0.378 e. The fourth-order valence-corrected chi connectivity index (χ4v) is 3.77. The van der Waals surface area contributed by atoms with E-state index in [0.29, 0.717) is 32.1 Å². The van der Waals surface area contributed by atoms with Gasteiger partial charge in [0.05, 0.1) is 13.2 Å². The van der Waals surface area contributed by atoms with E-state index in [4.69, 9.17) is 20.5 Å². The Morgan fingerprint density at radius 3 is 2.60 bits per heavy atom. The first-order valence-corrected chi connectivity index (χ1v) is 10.7. The van der Waals surface area contributed by atoms with Crippen LogP contribution in [-0.4, -0.2) is 103 Å². The summed E-state index contributed by atoms with van der Waals surface area (Å²) in [6, 6.07) is 3.95. The molecule has 0 bridgehead atoms. The number of hydrogen-bond donors (Lipinski definition) is 3. The van der Waals surface area contributed by atoms with Gasteiger partial charge in [0.15, 0.2) is 5.79 Å². The van der Waals surface area contributed by atoms with Gasteiger partial charge in [-0.2, -0.15) is 4.99 Å². The van der Waals surface area contributed by atoms with Crippen LogP contribution >= 0.6 is 0 Å². The maximum Gasteiger partial charge on any atom is 0.225 e. The predicted octanol–water partition coefficient (Wildman–Crippen LogP) is -0.931. The minimum atomic E-state index is -0.890. The van der Waals surface area contributed by atoms with Crippen molar-refractivity contribution in [2.45, 2.75) is 18.8 Å². The first-order chi connectivity index (χ1) is 14.6. The number of nitrogens with zero attached hydrogens (tertiary/aromatic N) is 6. The molecule has 10 nitrogen and oxygen atoms in total. The maximum atomic E-state index is 6.74. The molecule has 1 aromatic heterocycles. The van der Waals surface area contributed by atoms with Crippen molar-refractivity contribution < 1.29 is 4.74 Å². The van der Waals surface area contributed by atoms with Crippen LogP contribution in [0.2, 0.25) is 0 Å². The van der Waals surface area contributed by atoms with E-state index < -0.39 is 5.79 Å². The van der Waals surface area contributed by atoms with Crippen molar-refractivity contribution in [1.82, 2.24) is 30.3 Å². The van der Waals surface area contributed by atoms with Crippen molar-refractivity contribution in [2.75, 3.05) is 66.1 Å². The molecule has 0 aliphatic carbocycles. The molecular formula is C20H33N9O. The number of guanidine groups is 2. The van der Waals surface area contributed by atoms with Gasteiger partial charge in [-0.3, -0.25) is 10.7 Å². The normalized spacial score (nSPS) is 26.0. The predicted molar refractivity (Wildman–Crippen MR) is 117 cm³/mol. The van der Waals surface area contributed by atoms with Crippen molar-refractivity contribution in [3.63, 3.8) is 0 Å². The number of aromatic nitrogens is 1. The molecule has 0 radical (unpaired) electrons. The van der Waals surface area contributed by atoms with Gasteiger partial charge in [0.1, 0.15) is 0 Å². The molecule has 1 atom stereocenters. The second kappa shape index (κ2) is 9.69. The summed E-state index contributed by atoms with van der Waals surface area (Å²) in [6.45, 7) is 8.79. The van der Waals surface area contributed by atoms with Crippen LogP contribution in [0.4, 0.5) is 0 Å². The molecule has 3 aliphatic heterocycles. The number of piperazine rings is 1. The highest BCUT2D eigenvalue weighted by atomic mass is 16.5. The van der Waals surface area contributed by atoms with Gasteiger partial charge in [-0.25, -0.2) is 4.99 Å². The topological polar surface area (TPSA) is 107 Å². The fraction of sp³-hybridized carbons (Fsp3) is 0.650. The Bertz CT molecular complexity index is 742. The zero-order valence-corrected chi connectivity index (χ0v) is 17.8. The van der Waals surface area contributed by atoms with Gasteiger partial charge in [0.2, 0.25) is 11.9 Å². The number of nitrogens with two attached hydrogens (primary N) is 1. The summed E-state index contributed by atoms with van der Waals surface area (Å²) in [7, 11) is 2.17. The molecule has 164 valence electrons. The third kappa shape index (κ3) is 5.66. The number of aliphatic imine (C=N–C) groups is 2. The zero-order chi connectivity index (χ0) is 20.8. The van der Waals surface area contributed by atoms with Crippen molar-refractivity contribution in [3.8, 4) is 0 Å².